The van der Waals surface area contributed by atoms with Gasteiger partial charge in [0.25, 0.3) is 0 Å². The molecule has 0 aliphatic heterocycles. The first kappa shape index (κ1) is 15.3. The van der Waals surface area contributed by atoms with Crippen LogP contribution >= 0.6 is 0 Å². The van der Waals surface area contributed by atoms with Gasteiger partial charge in [0.05, 0.1) is 31.3 Å². The molecule has 19 heavy (non-hydrogen) atoms. The van der Waals surface area contributed by atoms with Crippen molar-refractivity contribution in [2.75, 3.05) is 13.2 Å². The van der Waals surface area contributed by atoms with E-state index in [9.17, 15) is 0 Å². The summed E-state index contributed by atoms with van der Waals surface area (Å²) < 4.78 is 11.2. The van der Waals surface area contributed by atoms with Crippen LogP contribution in [0.1, 0.15) is 32.8 Å². The summed E-state index contributed by atoms with van der Waals surface area (Å²) in [6, 6.07) is 7.60. The Morgan fingerprint density at radius 3 is 2.58 bits per heavy atom. The average molecular weight is 263 g/mol. The third-order valence-electron chi connectivity index (χ3n) is 2.78. The molecule has 0 unspecified atom stereocenters. The Balaban J connectivity index is 2.70. The van der Waals surface area contributed by atoms with E-state index in [4.69, 9.17) is 19.8 Å². The van der Waals surface area contributed by atoms with Crippen LogP contribution < -0.4 is 9.47 Å². The van der Waals surface area contributed by atoms with E-state index in [2.05, 4.69) is 6.07 Å². The molecule has 0 amide bonds. The highest BCUT2D eigenvalue weighted by Crippen LogP contribution is 2.29. The van der Waals surface area contributed by atoms with Gasteiger partial charge in [0, 0.05) is 0 Å². The van der Waals surface area contributed by atoms with Gasteiger partial charge in [-0.1, -0.05) is 6.07 Å². The molecular weight excluding hydrogens is 242 g/mol. The van der Waals surface area contributed by atoms with Crippen molar-refractivity contribution >= 4 is 0 Å². The van der Waals surface area contributed by atoms with E-state index in [-0.39, 0.29) is 6.61 Å². The molecular formula is C15H21NO3. The fourth-order valence-corrected chi connectivity index (χ4v) is 1.51. The Morgan fingerprint density at radius 1 is 1.26 bits per heavy atom. The summed E-state index contributed by atoms with van der Waals surface area (Å²) in [7, 11) is 0. The molecule has 104 valence electrons. The van der Waals surface area contributed by atoms with Gasteiger partial charge in [-0.2, -0.15) is 5.26 Å². The van der Waals surface area contributed by atoms with E-state index in [1.54, 1.807) is 18.2 Å². The van der Waals surface area contributed by atoms with Gasteiger partial charge in [-0.25, -0.2) is 0 Å². The van der Waals surface area contributed by atoms with Crippen LogP contribution in [0.25, 0.3) is 0 Å². The predicted molar refractivity (Wildman–Crippen MR) is 73.0 cm³/mol. The Morgan fingerprint density at radius 2 is 2.00 bits per heavy atom. The summed E-state index contributed by atoms with van der Waals surface area (Å²) in [5.74, 6) is 1.27. The number of nitrogens with zero attached hydrogens (tertiary/aromatic N) is 1. The monoisotopic (exact) mass is 263 g/mol. The summed E-state index contributed by atoms with van der Waals surface area (Å²) in [4.78, 5) is 0. The molecule has 0 radical (unpaired) electrons. The normalized spacial score (nSPS) is 10.9. The molecule has 1 N–H and O–H groups in total. The first-order chi connectivity index (χ1) is 9.02. The van der Waals surface area contributed by atoms with Crippen molar-refractivity contribution in [3.63, 3.8) is 0 Å². The Bertz CT molecular complexity index is 449. The highest BCUT2D eigenvalue weighted by atomic mass is 16.5. The topological polar surface area (TPSA) is 62.5 Å². The van der Waals surface area contributed by atoms with Crippen LogP contribution in [0.2, 0.25) is 0 Å². The highest BCUT2D eigenvalue weighted by Gasteiger charge is 2.17. The molecule has 1 aromatic rings. The van der Waals surface area contributed by atoms with Crippen molar-refractivity contribution in [3.8, 4) is 17.6 Å². The molecule has 0 aliphatic rings. The maximum atomic E-state index is 9.10. The van der Waals surface area contributed by atoms with E-state index >= 15 is 0 Å². The van der Waals surface area contributed by atoms with Crippen molar-refractivity contribution in [1.29, 1.82) is 5.26 Å². The molecule has 0 atom stereocenters. The lowest BCUT2D eigenvalue weighted by molar-refractivity contribution is 0.243. The summed E-state index contributed by atoms with van der Waals surface area (Å²) in [6.45, 7) is 6.63. The molecule has 0 spiro atoms. The van der Waals surface area contributed by atoms with Crippen molar-refractivity contribution < 1.29 is 14.6 Å². The SMILES string of the molecule is CCOc1cc(CO)ccc1OCCC(C)(C)C#N. The van der Waals surface area contributed by atoms with Crippen LogP contribution in [0.15, 0.2) is 18.2 Å². The zero-order valence-corrected chi connectivity index (χ0v) is 11.8. The van der Waals surface area contributed by atoms with Gasteiger partial charge in [0.1, 0.15) is 0 Å². The summed E-state index contributed by atoms with van der Waals surface area (Å²) in [6.07, 6.45) is 0.650. The molecule has 0 heterocycles. The van der Waals surface area contributed by atoms with Gasteiger partial charge in [-0.15, -0.1) is 0 Å². The molecule has 4 heteroatoms. The van der Waals surface area contributed by atoms with E-state index in [0.29, 0.717) is 31.1 Å². The number of aliphatic hydroxyl groups is 1. The second-order valence-electron chi connectivity index (χ2n) is 4.97. The highest BCUT2D eigenvalue weighted by molar-refractivity contribution is 5.42. The molecule has 0 saturated heterocycles. The van der Waals surface area contributed by atoms with Crippen LogP contribution in [-0.2, 0) is 6.61 Å². The lowest BCUT2D eigenvalue weighted by atomic mass is 9.92. The zero-order chi connectivity index (χ0) is 14.3. The smallest absolute Gasteiger partial charge is 0.161 e. The fourth-order valence-electron chi connectivity index (χ4n) is 1.51. The Labute approximate surface area is 114 Å². The minimum absolute atomic E-state index is 0.0260. The van der Waals surface area contributed by atoms with Crippen LogP contribution in [0, 0.1) is 16.7 Å². The maximum absolute atomic E-state index is 9.10. The predicted octanol–water partition coefficient (Wildman–Crippen LogP) is 2.90. The Kier molecular flexibility index (Phi) is 5.65. The van der Waals surface area contributed by atoms with Gasteiger partial charge in [-0.05, 0) is 44.9 Å². The van der Waals surface area contributed by atoms with E-state index < -0.39 is 5.41 Å². The number of aliphatic hydroxyl groups excluding tert-OH is 1. The standard InChI is InChI=1S/C15H21NO3/c1-4-18-14-9-12(10-17)5-6-13(14)19-8-7-15(2,3)11-16/h5-6,9,17H,4,7-8,10H2,1-3H3. The molecule has 1 aromatic carbocycles. The molecule has 0 fully saturated rings. The maximum Gasteiger partial charge on any atom is 0.161 e. The van der Waals surface area contributed by atoms with Crippen LogP contribution in [-0.4, -0.2) is 18.3 Å². The van der Waals surface area contributed by atoms with Gasteiger partial charge < -0.3 is 14.6 Å². The van der Waals surface area contributed by atoms with Crippen LogP contribution in [0.4, 0.5) is 0 Å². The number of benzene rings is 1. The number of hydrogen-bond acceptors (Lipinski definition) is 4. The third-order valence-corrected chi connectivity index (χ3v) is 2.78. The fraction of sp³-hybridized carbons (Fsp3) is 0.533. The quantitative estimate of drug-likeness (QED) is 0.821. The first-order valence-electron chi connectivity index (χ1n) is 6.43. The summed E-state index contributed by atoms with van der Waals surface area (Å²) in [5, 5.41) is 18.0. The van der Waals surface area contributed by atoms with Gasteiger partial charge in [0.15, 0.2) is 11.5 Å². The number of rotatable bonds is 7. The van der Waals surface area contributed by atoms with E-state index in [0.717, 1.165) is 5.56 Å². The third kappa shape index (κ3) is 4.80. The van der Waals surface area contributed by atoms with Crippen molar-refractivity contribution in [1.82, 2.24) is 0 Å². The van der Waals surface area contributed by atoms with Crippen molar-refractivity contribution in [2.24, 2.45) is 5.41 Å². The van der Waals surface area contributed by atoms with Crippen LogP contribution in [0.3, 0.4) is 0 Å². The Hall–Kier alpha value is -1.73. The first-order valence-corrected chi connectivity index (χ1v) is 6.43. The molecule has 1 rings (SSSR count). The largest absolute Gasteiger partial charge is 0.490 e. The molecule has 0 saturated carbocycles. The number of ether oxygens (including phenoxy) is 2. The second-order valence-corrected chi connectivity index (χ2v) is 4.97. The number of hydrogen-bond donors (Lipinski definition) is 1. The summed E-state index contributed by atoms with van der Waals surface area (Å²) >= 11 is 0. The lowest BCUT2D eigenvalue weighted by Crippen LogP contribution is -2.13. The summed E-state index contributed by atoms with van der Waals surface area (Å²) in [5.41, 5.74) is 0.393. The second kappa shape index (κ2) is 7.01. The van der Waals surface area contributed by atoms with Crippen molar-refractivity contribution in [3.05, 3.63) is 23.8 Å². The van der Waals surface area contributed by atoms with Gasteiger partial charge in [0.2, 0.25) is 0 Å². The zero-order valence-electron chi connectivity index (χ0n) is 11.8. The van der Waals surface area contributed by atoms with E-state index in [1.807, 2.05) is 20.8 Å². The lowest BCUT2D eigenvalue weighted by Gasteiger charge is -2.17. The average Bonchev–Trinajstić information content (AvgIpc) is 2.40. The van der Waals surface area contributed by atoms with Crippen LogP contribution in [0.5, 0.6) is 11.5 Å². The van der Waals surface area contributed by atoms with Crippen molar-refractivity contribution in [2.45, 2.75) is 33.8 Å². The molecule has 0 aliphatic carbocycles. The van der Waals surface area contributed by atoms with Gasteiger partial charge in [-0.3, -0.25) is 0 Å². The van der Waals surface area contributed by atoms with Gasteiger partial charge >= 0.3 is 0 Å². The minimum atomic E-state index is -0.392. The minimum Gasteiger partial charge on any atom is -0.490 e. The van der Waals surface area contributed by atoms with E-state index in [1.165, 1.54) is 0 Å². The molecule has 0 bridgehead atoms. The molecule has 4 nitrogen and oxygen atoms in total. The molecule has 0 aromatic heterocycles. The number of nitriles is 1.